The second-order valence-corrected chi connectivity index (χ2v) is 6.19. The number of carboxylic acids is 1. The molecular weight excluding hydrogens is 288 g/mol. The average Bonchev–Trinajstić information content (AvgIpc) is 2.58. The van der Waals surface area contributed by atoms with Crippen molar-refractivity contribution in [3.63, 3.8) is 0 Å². The van der Waals surface area contributed by atoms with Crippen LogP contribution in [0.15, 0.2) is 48.7 Å². The van der Waals surface area contributed by atoms with Gasteiger partial charge >= 0.3 is 5.97 Å². The highest BCUT2D eigenvalue weighted by molar-refractivity contribution is 5.70. The van der Waals surface area contributed by atoms with Crippen molar-refractivity contribution in [1.82, 2.24) is 9.88 Å². The van der Waals surface area contributed by atoms with E-state index in [2.05, 4.69) is 35.0 Å². The zero-order valence-electron chi connectivity index (χ0n) is 13.4. The van der Waals surface area contributed by atoms with Crippen molar-refractivity contribution in [2.75, 3.05) is 13.1 Å². The van der Waals surface area contributed by atoms with Gasteiger partial charge in [0.2, 0.25) is 0 Å². The fraction of sp³-hybridized carbons (Fsp3) is 0.368. The molecule has 1 aliphatic rings. The van der Waals surface area contributed by atoms with Crippen LogP contribution in [0.1, 0.15) is 35.7 Å². The second kappa shape index (κ2) is 6.92. The molecular formula is C19H22N2O2. The monoisotopic (exact) mass is 310 g/mol. The minimum absolute atomic E-state index is 0.0135. The molecule has 0 amide bonds. The maximum Gasteiger partial charge on any atom is 0.307 e. The molecule has 120 valence electrons. The molecule has 1 N–H and O–H groups in total. The van der Waals surface area contributed by atoms with E-state index in [1.54, 1.807) is 0 Å². The molecule has 2 aromatic rings. The predicted octanol–water partition coefficient (Wildman–Crippen LogP) is 3.28. The number of aryl methyl sites for hydroxylation is 1. The third-order valence-electron chi connectivity index (χ3n) is 4.59. The van der Waals surface area contributed by atoms with E-state index in [4.69, 9.17) is 0 Å². The summed E-state index contributed by atoms with van der Waals surface area (Å²) in [6.07, 6.45) is 3.48. The topological polar surface area (TPSA) is 53.4 Å². The molecule has 1 aliphatic heterocycles. The summed E-state index contributed by atoms with van der Waals surface area (Å²) in [4.78, 5) is 18.3. The summed E-state index contributed by atoms with van der Waals surface area (Å²) in [5.74, 6) is -0.988. The summed E-state index contributed by atoms with van der Waals surface area (Å²) in [6.45, 7) is 3.54. The van der Waals surface area contributed by atoms with E-state index in [-0.39, 0.29) is 12.0 Å². The highest BCUT2D eigenvalue weighted by Gasteiger charge is 2.32. The minimum Gasteiger partial charge on any atom is -0.481 e. The fourth-order valence-electron chi connectivity index (χ4n) is 3.40. The summed E-state index contributed by atoms with van der Waals surface area (Å²) >= 11 is 0. The van der Waals surface area contributed by atoms with E-state index < -0.39 is 5.97 Å². The van der Waals surface area contributed by atoms with Gasteiger partial charge in [0.15, 0.2) is 0 Å². The Balaban J connectivity index is 1.99. The zero-order valence-corrected chi connectivity index (χ0v) is 13.4. The van der Waals surface area contributed by atoms with Crippen molar-refractivity contribution in [3.05, 3.63) is 65.5 Å². The first kappa shape index (κ1) is 15.7. The summed E-state index contributed by atoms with van der Waals surface area (Å²) in [5, 5.41) is 9.39. The van der Waals surface area contributed by atoms with Crippen molar-refractivity contribution in [3.8, 4) is 0 Å². The Morgan fingerprint density at radius 2 is 2.04 bits per heavy atom. The van der Waals surface area contributed by atoms with E-state index in [1.165, 1.54) is 5.56 Å². The summed E-state index contributed by atoms with van der Waals surface area (Å²) in [6, 6.07) is 14.3. The third-order valence-corrected chi connectivity index (χ3v) is 4.59. The first-order valence-corrected chi connectivity index (χ1v) is 8.10. The molecule has 2 unspecified atom stereocenters. The summed E-state index contributed by atoms with van der Waals surface area (Å²) in [7, 11) is 0. The van der Waals surface area contributed by atoms with Gasteiger partial charge in [-0.25, -0.2) is 0 Å². The average molecular weight is 310 g/mol. The number of benzene rings is 1. The number of carboxylic acid groups (broad SMARTS) is 1. The molecule has 0 radical (unpaired) electrons. The Hall–Kier alpha value is -2.20. The van der Waals surface area contributed by atoms with Gasteiger partial charge in [-0.3, -0.25) is 14.7 Å². The van der Waals surface area contributed by atoms with Crippen molar-refractivity contribution >= 4 is 5.97 Å². The van der Waals surface area contributed by atoms with Crippen molar-refractivity contribution in [2.24, 2.45) is 5.92 Å². The number of likely N-dealkylation sites (tertiary alicyclic amines) is 1. The van der Waals surface area contributed by atoms with E-state index in [0.29, 0.717) is 6.54 Å². The highest BCUT2D eigenvalue weighted by atomic mass is 16.4. The SMILES string of the molecule is Cc1cccnc1C(c1ccccc1)N1CCCC(C(=O)O)C1. The van der Waals surface area contributed by atoms with E-state index in [0.717, 1.165) is 30.6 Å². The normalized spacial score (nSPS) is 20.1. The van der Waals surface area contributed by atoms with Crippen molar-refractivity contribution in [1.29, 1.82) is 0 Å². The largest absolute Gasteiger partial charge is 0.481 e. The van der Waals surface area contributed by atoms with Gasteiger partial charge in [-0.1, -0.05) is 36.4 Å². The lowest BCUT2D eigenvalue weighted by molar-refractivity contribution is -0.143. The first-order valence-electron chi connectivity index (χ1n) is 8.10. The molecule has 4 heteroatoms. The highest BCUT2D eigenvalue weighted by Crippen LogP contribution is 2.32. The number of hydrogen-bond donors (Lipinski definition) is 1. The van der Waals surface area contributed by atoms with Crippen LogP contribution < -0.4 is 0 Å². The van der Waals surface area contributed by atoms with Crippen LogP contribution in [0.5, 0.6) is 0 Å². The Labute approximate surface area is 136 Å². The van der Waals surface area contributed by atoms with Gasteiger partial charge < -0.3 is 5.11 Å². The Morgan fingerprint density at radius 1 is 1.26 bits per heavy atom. The number of aliphatic carboxylic acids is 1. The molecule has 0 bridgehead atoms. The number of piperidine rings is 1. The Bertz CT molecular complexity index is 672. The van der Waals surface area contributed by atoms with Gasteiger partial charge in [-0.05, 0) is 43.5 Å². The lowest BCUT2D eigenvalue weighted by atomic mass is 9.92. The number of rotatable bonds is 4. The molecule has 23 heavy (non-hydrogen) atoms. The quantitative estimate of drug-likeness (QED) is 0.941. The van der Waals surface area contributed by atoms with Crippen LogP contribution in [0.25, 0.3) is 0 Å². The number of pyridine rings is 1. The van der Waals surface area contributed by atoms with Gasteiger partial charge in [0, 0.05) is 12.7 Å². The lowest BCUT2D eigenvalue weighted by Gasteiger charge is -2.37. The molecule has 1 aromatic heterocycles. The van der Waals surface area contributed by atoms with Crippen LogP contribution in [0.3, 0.4) is 0 Å². The standard InChI is InChI=1S/C19H22N2O2/c1-14-7-5-11-20-17(14)18(15-8-3-2-4-9-15)21-12-6-10-16(13-21)19(22)23/h2-5,7-9,11,16,18H,6,10,12-13H2,1H3,(H,22,23). The number of carbonyl (C=O) groups is 1. The fourth-order valence-corrected chi connectivity index (χ4v) is 3.40. The molecule has 1 aromatic carbocycles. The Kier molecular flexibility index (Phi) is 4.72. The van der Waals surface area contributed by atoms with Crippen molar-refractivity contribution in [2.45, 2.75) is 25.8 Å². The molecule has 2 atom stereocenters. The second-order valence-electron chi connectivity index (χ2n) is 6.19. The molecule has 0 saturated carbocycles. The maximum absolute atomic E-state index is 11.4. The molecule has 1 fully saturated rings. The predicted molar refractivity (Wildman–Crippen MR) is 89.2 cm³/mol. The van der Waals surface area contributed by atoms with Crippen LogP contribution in [0.2, 0.25) is 0 Å². The summed E-state index contributed by atoms with van der Waals surface area (Å²) < 4.78 is 0. The molecule has 1 saturated heterocycles. The van der Waals surface area contributed by atoms with E-state index >= 15 is 0 Å². The van der Waals surface area contributed by atoms with E-state index in [1.807, 2.05) is 30.5 Å². The molecule has 3 rings (SSSR count). The number of hydrogen-bond acceptors (Lipinski definition) is 3. The minimum atomic E-state index is -0.695. The van der Waals surface area contributed by atoms with Crippen LogP contribution in [0.4, 0.5) is 0 Å². The Morgan fingerprint density at radius 3 is 2.74 bits per heavy atom. The van der Waals surface area contributed by atoms with Gasteiger partial charge in [0.25, 0.3) is 0 Å². The first-order chi connectivity index (χ1) is 11.2. The molecule has 2 heterocycles. The number of aromatic nitrogens is 1. The van der Waals surface area contributed by atoms with E-state index in [9.17, 15) is 9.90 Å². The van der Waals surface area contributed by atoms with Crippen LogP contribution in [-0.4, -0.2) is 34.0 Å². The molecule has 4 nitrogen and oxygen atoms in total. The lowest BCUT2D eigenvalue weighted by Crippen LogP contribution is -2.41. The van der Waals surface area contributed by atoms with Crippen LogP contribution in [0, 0.1) is 12.8 Å². The number of nitrogens with zero attached hydrogens (tertiary/aromatic N) is 2. The van der Waals surface area contributed by atoms with Gasteiger partial charge in [-0.2, -0.15) is 0 Å². The molecule has 0 spiro atoms. The van der Waals surface area contributed by atoms with Crippen LogP contribution in [-0.2, 0) is 4.79 Å². The summed E-state index contributed by atoms with van der Waals surface area (Å²) in [5.41, 5.74) is 3.32. The third kappa shape index (κ3) is 3.42. The van der Waals surface area contributed by atoms with Gasteiger partial charge in [0.1, 0.15) is 0 Å². The smallest absolute Gasteiger partial charge is 0.307 e. The van der Waals surface area contributed by atoms with Crippen LogP contribution >= 0.6 is 0 Å². The van der Waals surface area contributed by atoms with Gasteiger partial charge in [0.05, 0.1) is 17.7 Å². The molecule has 0 aliphatic carbocycles. The zero-order chi connectivity index (χ0) is 16.2. The van der Waals surface area contributed by atoms with Crippen molar-refractivity contribution < 1.29 is 9.90 Å². The van der Waals surface area contributed by atoms with Gasteiger partial charge in [-0.15, -0.1) is 0 Å². The maximum atomic E-state index is 11.4.